The first kappa shape index (κ1) is 18.2. The van der Waals surface area contributed by atoms with Gasteiger partial charge in [0, 0.05) is 28.6 Å². The normalized spacial score (nSPS) is 12.8. The van der Waals surface area contributed by atoms with Crippen LogP contribution in [0.1, 0.15) is 27.0 Å². The van der Waals surface area contributed by atoms with Crippen LogP contribution in [0.25, 0.3) is 11.3 Å². The Morgan fingerprint density at radius 3 is 2.77 bits per heavy atom. The molecule has 9 heteroatoms. The fourth-order valence-corrected chi connectivity index (χ4v) is 3.07. The highest BCUT2D eigenvalue weighted by Crippen LogP contribution is 2.29. The lowest BCUT2D eigenvalue weighted by atomic mass is 10.2. The molecule has 0 bridgehead atoms. The van der Waals surface area contributed by atoms with Crippen LogP contribution in [-0.2, 0) is 6.18 Å². The van der Waals surface area contributed by atoms with Crippen LogP contribution in [0, 0.1) is 0 Å². The molecule has 0 radical (unpaired) electrons. The molecule has 26 heavy (non-hydrogen) atoms. The van der Waals surface area contributed by atoms with Crippen molar-refractivity contribution in [1.29, 1.82) is 0 Å². The van der Waals surface area contributed by atoms with Gasteiger partial charge in [0.2, 0.25) is 0 Å². The molecule has 1 unspecified atom stereocenters. The Morgan fingerprint density at radius 1 is 1.35 bits per heavy atom. The van der Waals surface area contributed by atoms with Gasteiger partial charge in [0.05, 0.1) is 11.8 Å². The zero-order chi connectivity index (χ0) is 18.7. The summed E-state index contributed by atoms with van der Waals surface area (Å²) in [7, 11) is 0. The van der Waals surface area contributed by atoms with Gasteiger partial charge in [0.15, 0.2) is 0 Å². The molecule has 3 heterocycles. The third kappa shape index (κ3) is 4.12. The summed E-state index contributed by atoms with van der Waals surface area (Å²) in [6.07, 6.45) is -3.11. The summed E-state index contributed by atoms with van der Waals surface area (Å²) in [4.78, 5) is 15.8. The van der Waals surface area contributed by atoms with E-state index in [1.165, 1.54) is 11.3 Å². The van der Waals surface area contributed by atoms with Gasteiger partial charge in [-0.2, -0.15) is 13.2 Å². The van der Waals surface area contributed by atoms with Gasteiger partial charge in [-0.15, -0.1) is 11.3 Å². The summed E-state index contributed by atoms with van der Waals surface area (Å²) in [6, 6.07) is 7.07. The Hall–Kier alpha value is -2.65. The van der Waals surface area contributed by atoms with Crippen molar-refractivity contribution < 1.29 is 27.5 Å². The second-order valence-corrected chi connectivity index (χ2v) is 6.31. The third-order valence-corrected chi connectivity index (χ3v) is 4.56. The second-order valence-electron chi connectivity index (χ2n) is 5.37. The summed E-state index contributed by atoms with van der Waals surface area (Å²) in [5.41, 5.74) is -0.280. The van der Waals surface area contributed by atoms with Crippen LogP contribution in [0.5, 0.6) is 0 Å². The Labute approximate surface area is 150 Å². The molecular weight excluding hydrogens is 369 g/mol. The largest absolute Gasteiger partial charge is 0.464 e. The molecule has 0 aliphatic heterocycles. The van der Waals surface area contributed by atoms with Gasteiger partial charge >= 0.3 is 6.18 Å². The van der Waals surface area contributed by atoms with E-state index in [1.54, 1.807) is 24.5 Å². The molecule has 3 aromatic rings. The maximum absolute atomic E-state index is 12.5. The summed E-state index contributed by atoms with van der Waals surface area (Å²) in [5.74, 6) is 0.0488. The molecule has 1 atom stereocenters. The van der Waals surface area contributed by atoms with Crippen molar-refractivity contribution in [3.8, 4) is 11.3 Å². The van der Waals surface area contributed by atoms with Crippen molar-refractivity contribution in [3.05, 3.63) is 64.3 Å². The number of nitrogens with one attached hydrogen (secondary N) is 1. The van der Waals surface area contributed by atoms with Crippen LogP contribution < -0.4 is 5.32 Å². The molecule has 136 valence electrons. The Kier molecular flexibility index (Phi) is 5.10. The first-order valence-electron chi connectivity index (χ1n) is 7.46. The van der Waals surface area contributed by atoms with E-state index in [2.05, 4.69) is 10.3 Å². The lowest BCUT2D eigenvalue weighted by Gasteiger charge is -2.11. The van der Waals surface area contributed by atoms with E-state index >= 15 is 0 Å². The highest BCUT2D eigenvalue weighted by atomic mass is 32.1. The second kappa shape index (κ2) is 7.30. The Morgan fingerprint density at radius 2 is 2.15 bits per heavy atom. The van der Waals surface area contributed by atoms with E-state index in [4.69, 9.17) is 4.42 Å². The SMILES string of the molecule is O=C(NCC(O)c1cc(-c2ccco2)cs1)c1ccc(C(F)(F)F)nc1. The highest BCUT2D eigenvalue weighted by molar-refractivity contribution is 7.10. The number of thiophene rings is 1. The maximum Gasteiger partial charge on any atom is 0.433 e. The molecule has 0 saturated heterocycles. The molecule has 2 N–H and O–H groups in total. The number of aliphatic hydroxyl groups is 1. The van der Waals surface area contributed by atoms with Gasteiger partial charge in [-0.05, 0) is 30.3 Å². The fraction of sp³-hybridized carbons (Fsp3) is 0.176. The minimum Gasteiger partial charge on any atom is -0.464 e. The van der Waals surface area contributed by atoms with E-state index < -0.39 is 23.9 Å². The standard InChI is InChI=1S/C17H13F3N2O3S/c18-17(19,20)15-4-3-10(7-21-15)16(24)22-8-12(23)14-6-11(9-26-14)13-2-1-5-25-13/h1-7,9,12,23H,8H2,(H,22,24). The summed E-state index contributed by atoms with van der Waals surface area (Å²) < 4.78 is 42.7. The zero-order valence-electron chi connectivity index (χ0n) is 13.2. The van der Waals surface area contributed by atoms with Crippen molar-refractivity contribution in [2.45, 2.75) is 12.3 Å². The Bertz CT molecular complexity index is 874. The lowest BCUT2D eigenvalue weighted by Crippen LogP contribution is -2.28. The van der Waals surface area contributed by atoms with Gasteiger partial charge in [0.1, 0.15) is 17.6 Å². The first-order valence-corrected chi connectivity index (χ1v) is 8.34. The highest BCUT2D eigenvalue weighted by Gasteiger charge is 2.32. The van der Waals surface area contributed by atoms with Gasteiger partial charge in [-0.1, -0.05) is 0 Å². The minimum absolute atomic E-state index is 0.0207. The van der Waals surface area contributed by atoms with E-state index in [0.29, 0.717) is 10.6 Å². The number of hydrogen-bond donors (Lipinski definition) is 2. The predicted octanol–water partition coefficient (Wildman–Crippen LogP) is 3.89. The van der Waals surface area contributed by atoms with Crippen LogP contribution in [0.15, 0.2) is 52.6 Å². The van der Waals surface area contributed by atoms with Crippen LogP contribution in [0.3, 0.4) is 0 Å². The summed E-state index contributed by atoms with van der Waals surface area (Å²) >= 11 is 1.31. The van der Waals surface area contributed by atoms with Crippen LogP contribution >= 0.6 is 11.3 Å². The number of rotatable bonds is 5. The topological polar surface area (TPSA) is 75.4 Å². The molecule has 0 aliphatic carbocycles. The number of halogens is 3. The number of hydrogen-bond acceptors (Lipinski definition) is 5. The van der Waals surface area contributed by atoms with Crippen LogP contribution in [0.2, 0.25) is 0 Å². The zero-order valence-corrected chi connectivity index (χ0v) is 14.0. The quantitative estimate of drug-likeness (QED) is 0.702. The number of amides is 1. The van der Waals surface area contributed by atoms with Crippen LogP contribution in [-0.4, -0.2) is 22.5 Å². The number of nitrogens with zero attached hydrogens (tertiary/aromatic N) is 1. The molecule has 1 amide bonds. The molecule has 0 fully saturated rings. The molecule has 0 spiro atoms. The van der Waals surface area contributed by atoms with Crippen molar-refractivity contribution >= 4 is 17.2 Å². The lowest BCUT2D eigenvalue weighted by molar-refractivity contribution is -0.141. The number of aromatic nitrogens is 1. The number of carbonyl (C=O) groups excluding carboxylic acids is 1. The molecule has 0 aliphatic rings. The van der Waals surface area contributed by atoms with Crippen molar-refractivity contribution in [3.63, 3.8) is 0 Å². The van der Waals surface area contributed by atoms with Gasteiger partial charge in [-0.3, -0.25) is 9.78 Å². The van der Waals surface area contributed by atoms with Crippen molar-refractivity contribution in [2.75, 3.05) is 6.54 Å². The third-order valence-electron chi connectivity index (χ3n) is 3.53. The van der Waals surface area contributed by atoms with E-state index in [0.717, 1.165) is 23.9 Å². The van der Waals surface area contributed by atoms with E-state index in [1.807, 2.05) is 5.38 Å². The minimum atomic E-state index is -4.56. The fourth-order valence-electron chi connectivity index (χ4n) is 2.19. The predicted molar refractivity (Wildman–Crippen MR) is 88.6 cm³/mol. The number of pyridine rings is 1. The number of carbonyl (C=O) groups is 1. The van der Waals surface area contributed by atoms with Crippen molar-refractivity contribution in [1.82, 2.24) is 10.3 Å². The van der Waals surface area contributed by atoms with Crippen LogP contribution in [0.4, 0.5) is 13.2 Å². The average molecular weight is 382 g/mol. The smallest absolute Gasteiger partial charge is 0.433 e. The van der Waals surface area contributed by atoms with Gasteiger partial charge in [0.25, 0.3) is 5.91 Å². The van der Waals surface area contributed by atoms with E-state index in [9.17, 15) is 23.1 Å². The molecule has 3 aromatic heterocycles. The average Bonchev–Trinajstić information content (AvgIpc) is 3.29. The molecule has 0 aromatic carbocycles. The first-order chi connectivity index (χ1) is 12.3. The molecule has 3 rings (SSSR count). The van der Waals surface area contributed by atoms with E-state index in [-0.39, 0.29) is 12.1 Å². The number of furan rings is 1. The Balaban J connectivity index is 1.59. The number of aliphatic hydroxyl groups excluding tert-OH is 1. The summed E-state index contributed by atoms with van der Waals surface area (Å²) in [5, 5.41) is 14.5. The number of alkyl halides is 3. The molecule has 0 saturated carbocycles. The molecular formula is C17H13F3N2O3S. The maximum atomic E-state index is 12.5. The van der Waals surface area contributed by atoms with Gasteiger partial charge in [-0.25, -0.2) is 0 Å². The van der Waals surface area contributed by atoms with Crippen molar-refractivity contribution in [2.24, 2.45) is 0 Å². The van der Waals surface area contributed by atoms with Gasteiger partial charge < -0.3 is 14.8 Å². The monoisotopic (exact) mass is 382 g/mol. The summed E-state index contributed by atoms with van der Waals surface area (Å²) in [6.45, 7) is -0.0854. The molecule has 5 nitrogen and oxygen atoms in total.